The highest BCUT2D eigenvalue weighted by Gasteiger charge is 2.34. The number of nitrogens with one attached hydrogen (secondary N) is 2. The number of rotatable bonds is 5. The summed E-state index contributed by atoms with van der Waals surface area (Å²) in [5.41, 5.74) is 0.883. The summed E-state index contributed by atoms with van der Waals surface area (Å²) in [6.45, 7) is 2.68. The van der Waals surface area contributed by atoms with Gasteiger partial charge in [-0.05, 0) is 30.5 Å². The van der Waals surface area contributed by atoms with Crippen molar-refractivity contribution in [2.75, 3.05) is 26.3 Å². The quantitative estimate of drug-likeness (QED) is 0.837. The molecule has 25 heavy (non-hydrogen) atoms. The monoisotopic (exact) mass is 370 g/mol. The summed E-state index contributed by atoms with van der Waals surface area (Å²) in [6, 6.07) is 6.97. The summed E-state index contributed by atoms with van der Waals surface area (Å²) >= 11 is 0. The molecular formula is C19H28ClFN2O2. The highest BCUT2D eigenvalue weighted by Crippen LogP contribution is 2.39. The van der Waals surface area contributed by atoms with Gasteiger partial charge in [0.15, 0.2) is 0 Å². The van der Waals surface area contributed by atoms with E-state index in [1.165, 1.54) is 12.5 Å². The second-order valence-corrected chi connectivity index (χ2v) is 7.06. The summed E-state index contributed by atoms with van der Waals surface area (Å²) in [6.07, 6.45) is 5.91. The number of hydrogen-bond acceptors (Lipinski definition) is 3. The van der Waals surface area contributed by atoms with Gasteiger partial charge in [-0.2, -0.15) is 0 Å². The number of morpholine rings is 1. The number of hydrogen-bond donors (Lipinski definition) is 2. The lowest BCUT2D eigenvalue weighted by Crippen LogP contribution is -2.47. The second-order valence-electron chi connectivity index (χ2n) is 7.06. The van der Waals surface area contributed by atoms with Gasteiger partial charge in [-0.1, -0.05) is 31.4 Å². The van der Waals surface area contributed by atoms with E-state index in [1.54, 1.807) is 12.1 Å². The second kappa shape index (κ2) is 9.51. The lowest BCUT2D eigenvalue weighted by molar-refractivity contribution is -0.122. The molecule has 1 heterocycles. The van der Waals surface area contributed by atoms with E-state index in [0.717, 1.165) is 37.8 Å². The first-order valence-electron chi connectivity index (χ1n) is 9.02. The van der Waals surface area contributed by atoms with Crippen LogP contribution in [0.3, 0.4) is 0 Å². The first-order chi connectivity index (χ1) is 11.7. The number of benzene rings is 1. The molecule has 2 N–H and O–H groups in total. The van der Waals surface area contributed by atoms with Crippen LogP contribution < -0.4 is 10.6 Å². The molecule has 0 radical (unpaired) electrons. The van der Waals surface area contributed by atoms with E-state index in [-0.39, 0.29) is 35.6 Å². The molecule has 2 fully saturated rings. The molecule has 1 aliphatic carbocycles. The highest BCUT2D eigenvalue weighted by molar-refractivity contribution is 5.85. The van der Waals surface area contributed by atoms with Gasteiger partial charge in [0.25, 0.3) is 0 Å². The standard InChI is InChI=1S/C19H27FN2O2.ClH/c20-16-6-4-5-15(11-16)19(7-2-1-3-8-19)14-22-18(23)12-17-13-24-10-9-21-17;/h4-6,11,17,21H,1-3,7-10,12-14H2,(H,22,23);1H. The van der Waals surface area contributed by atoms with Crippen molar-refractivity contribution in [3.63, 3.8) is 0 Å². The Bertz CT molecular complexity index is 558. The number of carbonyl (C=O) groups excluding carboxylic acids is 1. The fourth-order valence-corrected chi connectivity index (χ4v) is 3.93. The average molecular weight is 371 g/mol. The van der Waals surface area contributed by atoms with Crippen LogP contribution in [0.4, 0.5) is 4.39 Å². The van der Waals surface area contributed by atoms with E-state index < -0.39 is 0 Å². The Morgan fingerprint density at radius 1 is 1.32 bits per heavy atom. The van der Waals surface area contributed by atoms with Gasteiger partial charge in [-0.15, -0.1) is 12.4 Å². The van der Waals surface area contributed by atoms with Crippen molar-refractivity contribution in [2.45, 2.75) is 50.0 Å². The Morgan fingerprint density at radius 3 is 2.80 bits per heavy atom. The Balaban J connectivity index is 0.00000225. The van der Waals surface area contributed by atoms with Crippen LogP contribution in [0.2, 0.25) is 0 Å². The zero-order valence-electron chi connectivity index (χ0n) is 14.6. The molecule has 1 amide bonds. The van der Waals surface area contributed by atoms with Gasteiger partial charge >= 0.3 is 0 Å². The van der Waals surface area contributed by atoms with Crippen molar-refractivity contribution >= 4 is 18.3 Å². The Labute approximate surface area is 155 Å². The van der Waals surface area contributed by atoms with Crippen LogP contribution in [-0.4, -0.2) is 38.3 Å². The van der Waals surface area contributed by atoms with Crippen molar-refractivity contribution in [1.82, 2.24) is 10.6 Å². The molecule has 1 saturated heterocycles. The van der Waals surface area contributed by atoms with Crippen LogP contribution in [0.15, 0.2) is 24.3 Å². The van der Waals surface area contributed by atoms with E-state index in [9.17, 15) is 9.18 Å². The van der Waals surface area contributed by atoms with Gasteiger partial charge < -0.3 is 15.4 Å². The lowest BCUT2D eigenvalue weighted by atomic mass is 9.69. The van der Waals surface area contributed by atoms with Gasteiger partial charge in [0.05, 0.1) is 13.2 Å². The zero-order chi connectivity index (χ0) is 16.8. The van der Waals surface area contributed by atoms with Crippen LogP contribution in [-0.2, 0) is 14.9 Å². The minimum absolute atomic E-state index is 0. The van der Waals surface area contributed by atoms with Gasteiger partial charge in [-0.3, -0.25) is 4.79 Å². The Hall–Kier alpha value is -1.17. The maximum absolute atomic E-state index is 13.7. The largest absolute Gasteiger partial charge is 0.378 e. The molecule has 2 aliphatic rings. The molecule has 6 heteroatoms. The molecular weight excluding hydrogens is 343 g/mol. The van der Waals surface area contributed by atoms with Crippen molar-refractivity contribution in [3.8, 4) is 0 Å². The minimum Gasteiger partial charge on any atom is -0.378 e. The minimum atomic E-state index is -0.202. The predicted molar refractivity (Wildman–Crippen MR) is 98.6 cm³/mol. The molecule has 4 nitrogen and oxygen atoms in total. The summed E-state index contributed by atoms with van der Waals surface area (Å²) < 4.78 is 19.1. The average Bonchev–Trinajstić information content (AvgIpc) is 2.62. The van der Waals surface area contributed by atoms with Gasteiger partial charge in [0.2, 0.25) is 5.91 Å². The third-order valence-corrected chi connectivity index (χ3v) is 5.30. The number of halogens is 2. The molecule has 1 saturated carbocycles. The van der Waals surface area contributed by atoms with Crippen LogP contribution in [0.1, 0.15) is 44.1 Å². The number of carbonyl (C=O) groups is 1. The lowest BCUT2D eigenvalue weighted by Gasteiger charge is -2.38. The van der Waals surface area contributed by atoms with Crippen molar-refractivity contribution < 1.29 is 13.9 Å². The van der Waals surface area contributed by atoms with Crippen LogP contribution in [0, 0.1) is 5.82 Å². The maximum atomic E-state index is 13.7. The van der Waals surface area contributed by atoms with Gasteiger partial charge in [0, 0.05) is 31.0 Å². The summed E-state index contributed by atoms with van der Waals surface area (Å²) in [5, 5.41) is 6.40. The Kier molecular flexibility index (Phi) is 7.66. The fourth-order valence-electron chi connectivity index (χ4n) is 3.93. The smallest absolute Gasteiger partial charge is 0.221 e. The first kappa shape index (κ1) is 20.1. The molecule has 1 aromatic rings. The van der Waals surface area contributed by atoms with Crippen LogP contribution >= 0.6 is 12.4 Å². The SMILES string of the molecule is Cl.O=C(CC1COCCN1)NCC1(c2cccc(F)c2)CCCCC1. The van der Waals surface area contributed by atoms with Crippen LogP contribution in [0.25, 0.3) is 0 Å². The fraction of sp³-hybridized carbons (Fsp3) is 0.632. The van der Waals surface area contributed by atoms with Gasteiger partial charge in [0.1, 0.15) is 5.82 Å². The number of amides is 1. The van der Waals surface area contributed by atoms with E-state index in [1.807, 2.05) is 6.07 Å². The molecule has 1 unspecified atom stereocenters. The first-order valence-corrected chi connectivity index (χ1v) is 9.02. The molecule has 0 bridgehead atoms. The van der Waals surface area contributed by atoms with Gasteiger partial charge in [-0.25, -0.2) is 4.39 Å². The molecule has 140 valence electrons. The summed E-state index contributed by atoms with van der Waals surface area (Å²) in [5.74, 6) is -0.160. The summed E-state index contributed by atoms with van der Waals surface area (Å²) in [4.78, 5) is 12.3. The molecule has 1 aromatic carbocycles. The van der Waals surface area contributed by atoms with E-state index in [2.05, 4.69) is 10.6 Å². The summed E-state index contributed by atoms with van der Waals surface area (Å²) in [7, 11) is 0. The van der Waals surface area contributed by atoms with Crippen molar-refractivity contribution in [2.24, 2.45) is 0 Å². The van der Waals surface area contributed by atoms with E-state index in [4.69, 9.17) is 4.74 Å². The zero-order valence-corrected chi connectivity index (χ0v) is 15.4. The normalized spacial score (nSPS) is 22.7. The molecule has 0 spiro atoms. The van der Waals surface area contributed by atoms with Crippen molar-refractivity contribution in [1.29, 1.82) is 0 Å². The molecule has 1 aliphatic heterocycles. The molecule has 0 aromatic heterocycles. The van der Waals surface area contributed by atoms with E-state index in [0.29, 0.717) is 26.2 Å². The maximum Gasteiger partial charge on any atom is 0.221 e. The highest BCUT2D eigenvalue weighted by atomic mass is 35.5. The van der Waals surface area contributed by atoms with Crippen molar-refractivity contribution in [3.05, 3.63) is 35.6 Å². The topological polar surface area (TPSA) is 50.4 Å². The van der Waals surface area contributed by atoms with Crippen LogP contribution in [0.5, 0.6) is 0 Å². The number of ether oxygens (including phenoxy) is 1. The Morgan fingerprint density at radius 2 is 2.12 bits per heavy atom. The van der Waals surface area contributed by atoms with E-state index >= 15 is 0 Å². The predicted octanol–water partition coefficient (Wildman–Crippen LogP) is 2.94. The third-order valence-electron chi connectivity index (χ3n) is 5.30. The molecule has 1 atom stereocenters. The molecule has 3 rings (SSSR count). The third kappa shape index (κ3) is 5.40.